The summed E-state index contributed by atoms with van der Waals surface area (Å²) in [6.45, 7) is 3.55. The van der Waals surface area contributed by atoms with Crippen molar-refractivity contribution in [2.24, 2.45) is 0 Å². The van der Waals surface area contributed by atoms with Crippen LogP contribution < -0.4 is 0 Å². The third-order valence-corrected chi connectivity index (χ3v) is 1.38. The Bertz CT molecular complexity index is 196. The summed E-state index contributed by atoms with van der Waals surface area (Å²) >= 11 is 0. The van der Waals surface area contributed by atoms with E-state index in [0.717, 1.165) is 0 Å². The molecule has 3 heteroatoms. The molecule has 1 atom stereocenters. The molecule has 0 fully saturated rings. The maximum Gasteiger partial charge on any atom is 0.267 e. The number of hydrogen-bond acceptors (Lipinski definition) is 3. The number of aliphatic hydroxyl groups excluding tert-OH is 1. The first-order valence-electron chi connectivity index (χ1n) is 3.51. The lowest BCUT2D eigenvalue weighted by molar-refractivity contribution is -0.0941. The number of rotatable bonds is 2. The van der Waals surface area contributed by atoms with E-state index in [1.807, 2.05) is 13.0 Å². The number of hydrogen-bond donors (Lipinski definition) is 1. The highest BCUT2D eigenvalue weighted by molar-refractivity contribution is 5.04. The van der Waals surface area contributed by atoms with Crippen molar-refractivity contribution in [1.29, 1.82) is 0 Å². The largest absolute Gasteiger partial charge is 0.453 e. The fraction of sp³-hybridized carbons (Fsp3) is 0.500. The van der Waals surface area contributed by atoms with Crippen molar-refractivity contribution < 1.29 is 14.6 Å². The van der Waals surface area contributed by atoms with Crippen molar-refractivity contribution in [2.75, 3.05) is 6.61 Å². The van der Waals surface area contributed by atoms with Crippen LogP contribution in [0.5, 0.6) is 0 Å². The monoisotopic (exact) mass is 156 g/mol. The van der Waals surface area contributed by atoms with Crippen LogP contribution in [0.4, 0.5) is 0 Å². The molecule has 1 heterocycles. The van der Waals surface area contributed by atoms with Crippen molar-refractivity contribution in [1.82, 2.24) is 0 Å². The van der Waals surface area contributed by atoms with E-state index in [9.17, 15) is 0 Å². The van der Waals surface area contributed by atoms with Gasteiger partial charge in [-0.15, -0.1) is 0 Å². The topological polar surface area (TPSA) is 38.7 Å². The molecule has 0 saturated carbocycles. The molecule has 0 aliphatic carbocycles. The molecular weight excluding hydrogens is 144 g/mol. The summed E-state index contributed by atoms with van der Waals surface area (Å²) in [5.41, 5.74) is 0. The first kappa shape index (κ1) is 8.14. The Morgan fingerprint density at radius 2 is 2.45 bits per heavy atom. The highest BCUT2D eigenvalue weighted by Gasteiger charge is 2.29. The molecular formula is C8H12O3. The second kappa shape index (κ2) is 2.96. The van der Waals surface area contributed by atoms with Crippen molar-refractivity contribution in [3.05, 3.63) is 24.2 Å². The van der Waals surface area contributed by atoms with E-state index >= 15 is 0 Å². The Morgan fingerprint density at radius 1 is 1.73 bits per heavy atom. The molecule has 1 aliphatic rings. The van der Waals surface area contributed by atoms with Gasteiger partial charge in [0.25, 0.3) is 5.79 Å². The summed E-state index contributed by atoms with van der Waals surface area (Å²) in [5.74, 6) is -0.252. The fourth-order valence-electron chi connectivity index (χ4n) is 0.937. The second-order valence-electron chi connectivity index (χ2n) is 2.48. The minimum Gasteiger partial charge on any atom is -0.453 e. The lowest BCUT2D eigenvalue weighted by Crippen LogP contribution is -2.22. The van der Waals surface area contributed by atoms with Gasteiger partial charge in [-0.1, -0.05) is 6.08 Å². The number of ether oxygens (including phenoxy) is 2. The molecule has 1 rings (SSSR count). The molecule has 62 valence electrons. The Balaban J connectivity index is 2.57. The van der Waals surface area contributed by atoms with Crippen molar-refractivity contribution in [2.45, 2.75) is 19.6 Å². The molecule has 1 N–H and O–H groups in total. The second-order valence-corrected chi connectivity index (χ2v) is 2.48. The van der Waals surface area contributed by atoms with Crippen molar-refractivity contribution >= 4 is 0 Å². The van der Waals surface area contributed by atoms with Gasteiger partial charge in [0.15, 0.2) is 5.76 Å². The zero-order chi connectivity index (χ0) is 8.32. The minimum atomic E-state index is -0.715. The van der Waals surface area contributed by atoms with Crippen molar-refractivity contribution in [3.8, 4) is 0 Å². The lowest BCUT2D eigenvalue weighted by Gasteiger charge is -2.19. The quantitative estimate of drug-likeness (QED) is 0.610. The van der Waals surface area contributed by atoms with E-state index in [1.54, 1.807) is 13.0 Å². The van der Waals surface area contributed by atoms with Crippen LogP contribution in [-0.2, 0) is 9.47 Å². The smallest absolute Gasteiger partial charge is 0.267 e. The van der Waals surface area contributed by atoms with Gasteiger partial charge in [0.1, 0.15) is 12.9 Å². The third-order valence-electron chi connectivity index (χ3n) is 1.38. The van der Waals surface area contributed by atoms with Crippen molar-refractivity contribution in [3.63, 3.8) is 0 Å². The lowest BCUT2D eigenvalue weighted by atomic mass is 10.3. The Kier molecular flexibility index (Phi) is 2.19. The standard InChI is InChI=1S/C8H12O3/c1-3-4-8(2)10-6-7(5-9)11-8/h3-4,6,9H,5H2,1-2H3. The molecule has 1 aliphatic heterocycles. The zero-order valence-corrected chi connectivity index (χ0v) is 6.70. The van der Waals surface area contributed by atoms with E-state index in [0.29, 0.717) is 5.76 Å². The SMILES string of the molecule is CC=CC1(C)OC=C(CO)O1. The van der Waals surface area contributed by atoms with Gasteiger partial charge in [-0.2, -0.15) is 0 Å². The van der Waals surface area contributed by atoms with Gasteiger partial charge in [0, 0.05) is 6.92 Å². The number of aliphatic hydroxyl groups is 1. The first-order chi connectivity index (χ1) is 5.20. The molecule has 0 aromatic heterocycles. The summed E-state index contributed by atoms with van der Waals surface area (Å²) in [6.07, 6.45) is 5.06. The fourth-order valence-corrected chi connectivity index (χ4v) is 0.937. The molecule has 0 aromatic carbocycles. The Labute approximate surface area is 65.9 Å². The van der Waals surface area contributed by atoms with Gasteiger partial charge in [0.2, 0.25) is 0 Å². The van der Waals surface area contributed by atoms with Crippen LogP contribution in [0.15, 0.2) is 24.2 Å². The van der Waals surface area contributed by atoms with Gasteiger partial charge in [-0.3, -0.25) is 0 Å². The Hall–Kier alpha value is -0.960. The normalized spacial score (nSPS) is 29.9. The molecule has 0 aromatic rings. The summed E-state index contributed by atoms with van der Waals surface area (Å²) in [6, 6.07) is 0. The van der Waals surface area contributed by atoms with Gasteiger partial charge < -0.3 is 14.6 Å². The van der Waals surface area contributed by atoms with Crippen LogP contribution in [0.3, 0.4) is 0 Å². The first-order valence-corrected chi connectivity index (χ1v) is 3.51. The third kappa shape index (κ3) is 1.74. The summed E-state index contributed by atoms with van der Waals surface area (Å²) in [5, 5.41) is 8.67. The van der Waals surface area contributed by atoms with E-state index in [2.05, 4.69) is 0 Å². The molecule has 3 nitrogen and oxygen atoms in total. The van der Waals surface area contributed by atoms with Gasteiger partial charge >= 0.3 is 0 Å². The van der Waals surface area contributed by atoms with E-state index in [-0.39, 0.29) is 6.61 Å². The molecule has 0 radical (unpaired) electrons. The molecule has 0 amide bonds. The van der Waals surface area contributed by atoms with Crippen LogP contribution in [0.1, 0.15) is 13.8 Å². The summed E-state index contributed by atoms with van der Waals surface area (Å²) < 4.78 is 10.4. The maximum absolute atomic E-state index is 8.67. The van der Waals surface area contributed by atoms with E-state index < -0.39 is 5.79 Å². The van der Waals surface area contributed by atoms with Crippen LogP contribution in [0.25, 0.3) is 0 Å². The molecule has 0 saturated heterocycles. The molecule has 1 unspecified atom stereocenters. The zero-order valence-electron chi connectivity index (χ0n) is 6.70. The maximum atomic E-state index is 8.67. The average Bonchev–Trinajstić information content (AvgIpc) is 2.33. The average molecular weight is 156 g/mol. The van der Waals surface area contributed by atoms with Gasteiger partial charge in [-0.25, -0.2) is 0 Å². The predicted octanol–water partition coefficient (Wildman–Crippen LogP) is 1.16. The molecule has 0 bridgehead atoms. The summed E-state index contributed by atoms with van der Waals surface area (Å²) in [4.78, 5) is 0. The minimum absolute atomic E-state index is 0.118. The highest BCUT2D eigenvalue weighted by Crippen LogP contribution is 2.25. The van der Waals surface area contributed by atoms with Crippen LogP contribution >= 0.6 is 0 Å². The van der Waals surface area contributed by atoms with Crippen LogP contribution in [-0.4, -0.2) is 17.5 Å². The molecule has 0 spiro atoms. The number of allylic oxidation sites excluding steroid dienone is 1. The highest BCUT2D eigenvalue weighted by atomic mass is 16.7. The van der Waals surface area contributed by atoms with Crippen LogP contribution in [0.2, 0.25) is 0 Å². The Morgan fingerprint density at radius 3 is 2.91 bits per heavy atom. The van der Waals surface area contributed by atoms with Gasteiger partial charge in [0.05, 0.1) is 0 Å². The summed E-state index contributed by atoms with van der Waals surface area (Å²) in [7, 11) is 0. The molecule has 11 heavy (non-hydrogen) atoms. The van der Waals surface area contributed by atoms with E-state index in [4.69, 9.17) is 14.6 Å². The van der Waals surface area contributed by atoms with Crippen LogP contribution in [0, 0.1) is 0 Å². The van der Waals surface area contributed by atoms with Gasteiger partial charge in [-0.05, 0) is 13.0 Å². The van der Waals surface area contributed by atoms with E-state index in [1.165, 1.54) is 6.26 Å². The predicted molar refractivity (Wildman–Crippen MR) is 40.6 cm³/mol.